The lowest BCUT2D eigenvalue weighted by molar-refractivity contribution is 1.29. The van der Waals surface area contributed by atoms with Crippen LogP contribution in [0.5, 0.6) is 0 Å². The second-order valence-electron chi connectivity index (χ2n) is 4.53. The lowest BCUT2D eigenvalue weighted by Gasteiger charge is -2.08. The molecule has 2 aromatic heterocycles. The summed E-state index contributed by atoms with van der Waals surface area (Å²) in [5.74, 6) is 0. The first-order valence-corrected chi connectivity index (χ1v) is 6.03. The van der Waals surface area contributed by atoms with Crippen LogP contribution in [-0.2, 0) is 0 Å². The molecule has 3 rings (SSSR count). The van der Waals surface area contributed by atoms with E-state index >= 15 is 0 Å². The van der Waals surface area contributed by atoms with Gasteiger partial charge in [-0.15, -0.1) is 0 Å². The minimum absolute atomic E-state index is 1.01. The molecule has 0 N–H and O–H groups in total. The van der Waals surface area contributed by atoms with Gasteiger partial charge in [-0.3, -0.25) is 4.98 Å². The van der Waals surface area contributed by atoms with Gasteiger partial charge in [0.2, 0.25) is 0 Å². The molecule has 2 heterocycles. The Balaban J connectivity index is 2.31. The quantitative estimate of drug-likeness (QED) is 0.638. The Labute approximate surface area is 106 Å². The second-order valence-corrected chi connectivity index (χ2v) is 4.53. The maximum Gasteiger partial charge on any atom is 0.0741 e. The summed E-state index contributed by atoms with van der Waals surface area (Å²) in [6.07, 6.45) is 3.60. The Hall–Kier alpha value is -2.22. The number of aromatic nitrogens is 2. The third kappa shape index (κ3) is 1.76. The van der Waals surface area contributed by atoms with Gasteiger partial charge in [0, 0.05) is 23.3 Å². The van der Waals surface area contributed by atoms with Crippen molar-refractivity contribution in [3.05, 3.63) is 59.9 Å². The Morgan fingerprint density at radius 2 is 1.67 bits per heavy atom. The number of pyridine rings is 2. The third-order valence-corrected chi connectivity index (χ3v) is 3.22. The fourth-order valence-corrected chi connectivity index (χ4v) is 2.23. The molecule has 1 aromatic carbocycles. The molecule has 2 heteroatoms. The highest BCUT2D eigenvalue weighted by Crippen LogP contribution is 2.25. The number of nitrogens with zero attached hydrogens (tertiary/aromatic N) is 2. The SMILES string of the molecule is Cc1cc(-c2ccncc2)nc2c(C)cccc12. The molecule has 0 atom stereocenters. The van der Waals surface area contributed by atoms with E-state index in [1.54, 1.807) is 12.4 Å². The van der Waals surface area contributed by atoms with Gasteiger partial charge in [-0.25, -0.2) is 4.98 Å². The highest BCUT2D eigenvalue weighted by molar-refractivity contribution is 5.87. The van der Waals surface area contributed by atoms with Gasteiger partial charge in [-0.2, -0.15) is 0 Å². The van der Waals surface area contributed by atoms with E-state index in [0.29, 0.717) is 0 Å². The zero-order chi connectivity index (χ0) is 12.5. The summed E-state index contributed by atoms with van der Waals surface area (Å²) in [6, 6.07) is 12.4. The van der Waals surface area contributed by atoms with Gasteiger partial charge in [0.1, 0.15) is 0 Å². The molecule has 0 aliphatic rings. The van der Waals surface area contributed by atoms with Crippen LogP contribution in [0.25, 0.3) is 22.2 Å². The average molecular weight is 234 g/mol. The van der Waals surface area contributed by atoms with Gasteiger partial charge < -0.3 is 0 Å². The number of aryl methyl sites for hydroxylation is 2. The summed E-state index contributed by atoms with van der Waals surface area (Å²) in [5.41, 5.74) is 5.68. The van der Waals surface area contributed by atoms with Crippen molar-refractivity contribution in [2.24, 2.45) is 0 Å². The standard InChI is InChI=1S/C16H14N2/c1-11-4-3-5-14-12(2)10-15(18-16(11)14)13-6-8-17-9-7-13/h3-10H,1-2H3. The predicted molar refractivity (Wildman–Crippen MR) is 74.4 cm³/mol. The molecule has 88 valence electrons. The second kappa shape index (κ2) is 4.22. The van der Waals surface area contributed by atoms with E-state index in [1.807, 2.05) is 12.1 Å². The van der Waals surface area contributed by atoms with Crippen LogP contribution >= 0.6 is 0 Å². The molecule has 0 spiro atoms. The lowest BCUT2D eigenvalue weighted by Crippen LogP contribution is -1.91. The largest absolute Gasteiger partial charge is 0.265 e. The van der Waals surface area contributed by atoms with Crippen LogP contribution in [-0.4, -0.2) is 9.97 Å². The average Bonchev–Trinajstić information content (AvgIpc) is 2.41. The molecule has 0 radical (unpaired) electrons. The van der Waals surface area contributed by atoms with Gasteiger partial charge in [-0.1, -0.05) is 18.2 Å². The van der Waals surface area contributed by atoms with Gasteiger partial charge in [0.25, 0.3) is 0 Å². The Kier molecular flexibility index (Phi) is 2.56. The topological polar surface area (TPSA) is 25.8 Å². The maximum atomic E-state index is 4.78. The lowest BCUT2D eigenvalue weighted by atomic mass is 10.0. The molecule has 0 aliphatic carbocycles. The van der Waals surface area contributed by atoms with Crippen molar-refractivity contribution in [2.75, 3.05) is 0 Å². The van der Waals surface area contributed by atoms with Crippen LogP contribution in [0, 0.1) is 13.8 Å². The van der Waals surface area contributed by atoms with Gasteiger partial charge in [-0.05, 0) is 43.2 Å². The van der Waals surface area contributed by atoms with Crippen LogP contribution in [0.15, 0.2) is 48.8 Å². The van der Waals surface area contributed by atoms with E-state index in [9.17, 15) is 0 Å². The minimum atomic E-state index is 1.01. The minimum Gasteiger partial charge on any atom is -0.265 e. The summed E-state index contributed by atoms with van der Waals surface area (Å²) in [4.78, 5) is 8.82. The molecule has 0 amide bonds. The van der Waals surface area contributed by atoms with E-state index in [1.165, 1.54) is 16.5 Å². The molecule has 0 aliphatic heterocycles. The molecular weight excluding hydrogens is 220 g/mol. The first kappa shape index (κ1) is 10.9. The Morgan fingerprint density at radius 3 is 2.44 bits per heavy atom. The molecule has 0 unspecified atom stereocenters. The first-order chi connectivity index (χ1) is 8.75. The van der Waals surface area contributed by atoms with Crippen LogP contribution in [0.3, 0.4) is 0 Å². The van der Waals surface area contributed by atoms with Crippen molar-refractivity contribution in [1.29, 1.82) is 0 Å². The molecule has 0 saturated heterocycles. The van der Waals surface area contributed by atoms with Crippen LogP contribution < -0.4 is 0 Å². The van der Waals surface area contributed by atoms with Gasteiger partial charge in [0.15, 0.2) is 0 Å². The van der Waals surface area contributed by atoms with E-state index in [-0.39, 0.29) is 0 Å². The van der Waals surface area contributed by atoms with Gasteiger partial charge in [0.05, 0.1) is 11.2 Å². The molecule has 18 heavy (non-hydrogen) atoms. The van der Waals surface area contributed by atoms with Crippen LogP contribution in [0.4, 0.5) is 0 Å². The van der Waals surface area contributed by atoms with Gasteiger partial charge >= 0.3 is 0 Å². The molecule has 2 nitrogen and oxygen atoms in total. The van der Waals surface area contributed by atoms with Crippen molar-refractivity contribution in [3.63, 3.8) is 0 Å². The Morgan fingerprint density at radius 1 is 0.889 bits per heavy atom. The number of benzene rings is 1. The van der Waals surface area contributed by atoms with Crippen molar-refractivity contribution >= 4 is 10.9 Å². The summed E-state index contributed by atoms with van der Waals surface area (Å²) in [7, 11) is 0. The summed E-state index contributed by atoms with van der Waals surface area (Å²) < 4.78 is 0. The van der Waals surface area contributed by atoms with Crippen molar-refractivity contribution in [3.8, 4) is 11.3 Å². The van der Waals surface area contributed by atoms with Crippen LogP contribution in [0.1, 0.15) is 11.1 Å². The number of hydrogen-bond donors (Lipinski definition) is 0. The molecule has 0 saturated carbocycles. The normalized spacial score (nSPS) is 10.8. The summed E-state index contributed by atoms with van der Waals surface area (Å²) in [6.45, 7) is 4.24. The van der Waals surface area contributed by atoms with Crippen LogP contribution in [0.2, 0.25) is 0 Å². The Bertz CT molecular complexity index is 703. The highest BCUT2D eigenvalue weighted by atomic mass is 14.7. The fraction of sp³-hybridized carbons (Fsp3) is 0.125. The first-order valence-electron chi connectivity index (χ1n) is 6.03. The number of hydrogen-bond acceptors (Lipinski definition) is 2. The predicted octanol–water partition coefficient (Wildman–Crippen LogP) is 3.91. The highest BCUT2D eigenvalue weighted by Gasteiger charge is 2.06. The van der Waals surface area contributed by atoms with E-state index in [0.717, 1.165) is 16.8 Å². The summed E-state index contributed by atoms with van der Waals surface area (Å²) >= 11 is 0. The number of rotatable bonds is 1. The van der Waals surface area contributed by atoms with E-state index in [4.69, 9.17) is 4.98 Å². The maximum absolute atomic E-state index is 4.78. The van der Waals surface area contributed by atoms with E-state index in [2.05, 4.69) is 43.1 Å². The third-order valence-electron chi connectivity index (χ3n) is 3.22. The molecule has 0 bridgehead atoms. The van der Waals surface area contributed by atoms with E-state index < -0.39 is 0 Å². The zero-order valence-corrected chi connectivity index (χ0v) is 10.5. The molecule has 3 aromatic rings. The number of fused-ring (bicyclic) bond motifs is 1. The molecular formula is C16H14N2. The number of para-hydroxylation sites is 1. The summed E-state index contributed by atoms with van der Waals surface area (Å²) in [5, 5.41) is 1.23. The smallest absolute Gasteiger partial charge is 0.0741 e. The fourth-order valence-electron chi connectivity index (χ4n) is 2.23. The van der Waals surface area contributed by atoms with Crippen molar-refractivity contribution in [1.82, 2.24) is 9.97 Å². The molecule has 0 fully saturated rings. The van der Waals surface area contributed by atoms with Crippen molar-refractivity contribution in [2.45, 2.75) is 13.8 Å². The van der Waals surface area contributed by atoms with Crippen molar-refractivity contribution < 1.29 is 0 Å². The monoisotopic (exact) mass is 234 g/mol. The zero-order valence-electron chi connectivity index (χ0n) is 10.5.